The van der Waals surface area contributed by atoms with Gasteiger partial charge in [-0.15, -0.1) is 11.3 Å². The van der Waals surface area contributed by atoms with Crippen LogP contribution in [-0.4, -0.2) is 25.1 Å². The van der Waals surface area contributed by atoms with Gasteiger partial charge < -0.3 is 0 Å². The predicted molar refractivity (Wildman–Crippen MR) is 119 cm³/mol. The van der Waals surface area contributed by atoms with Gasteiger partial charge in [-0.05, 0) is 55.5 Å². The maximum atomic E-state index is 13.2. The first kappa shape index (κ1) is 21.6. The van der Waals surface area contributed by atoms with Crippen LogP contribution in [0.2, 0.25) is 0 Å². The van der Waals surface area contributed by atoms with Gasteiger partial charge in [0.2, 0.25) is 5.91 Å². The molecule has 1 amide bonds. The van der Waals surface area contributed by atoms with Crippen LogP contribution in [0.3, 0.4) is 0 Å². The first-order valence-corrected chi connectivity index (χ1v) is 12.7. The lowest BCUT2D eigenvalue weighted by molar-refractivity contribution is -0.118. The zero-order valence-electron chi connectivity index (χ0n) is 17.0. The Hall–Kier alpha value is -2.58. The van der Waals surface area contributed by atoms with Crippen molar-refractivity contribution in [3.8, 4) is 0 Å². The van der Waals surface area contributed by atoms with Crippen molar-refractivity contribution in [1.82, 2.24) is 4.98 Å². The van der Waals surface area contributed by atoms with Crippen LogP contribution in [0.1, 0.15) is 35.4 Å². The first-order valence-electron chi connectivity index (χ1n) is 10.2. The van der Waals surface area contributed by atoms with Crippen molar-refractivity contribution in [2.75, 3.05) is 10.7 Å². The second kappa shape index (κ2) is 9.28. The van der Waals surface area contributed by atoms with E-state index in [9.17, 15) is 17.6 Å². The number of amides is 1. The Bertz CT molecular complexity index is 1140. The Kier molecular flexibility index (Phi) is 6.48. The number of fused-ring (bicyclic) bond motifs is 1. The van der Waals surface area contributed by atoms with Gasteiger partial charge in [0.1, 0.15) is 5.82 Å². The average molecular weight is 459 g/mol. The third-order valence-corrected chi connectivity index (χ3v) is 8.22. The number of thiazole rings is 1. The fraction of sp³-hybridized carbons (Fsp3) is 0.304. The van der Waals surface area contributed by atoms with Gasteiger partial charge in [0.05, 0.1) is 22.9 Å². The molecule has 0 aliphatic heterocycles. The molecule has 3 aromatic rings. The van der Waals surface area contributed by atoms with Gasteiger partial charge in [-0.2, -0.15) is 0 Å². The minimum atomic E-state index is -3.69. The van der Waals surface area contributed by atoms with Crippen molar-refractivity contribution in [1.29, 1.82) is 0 Å². The van der Waals surface area contributed by atoms with Crippen LogP contribution in [0.5, 0.6) is 0 Å². The maximum Gasteiger partial charge on any atom is 0.230 e. The van der Waals surface area contributed by atoms with E-state index in [-0.39, 0.29) is 23.0 Å². The molecule has 0 spiro atoms. The number of aromatic nitrogens is 1. The van der Waals surface area contributed by atoms with Crippen LogP contribution in [0.25, 0.3) is 0 Å². The SMILES string of the molecule is O=C(CCS(=O)(=O)c1ccc(F)cc1)N(Cc1ccccc1)c1nc2c(s1)CCCC2. The highest BCUT2D eigenvalue weighted by Gasteiger charge is 2.25. The smallest absolute Gasteiger partial charge is 0.230 e. The molecule has 0 N–H and O–H groups in total. The number of anilines is 1. The van der Waals surface area contributed by atoms with Gasteiger partial charge in [0.15, 0.2) is 15.0 Å². The fourth-order valence-corrected chi connectivity index (χ4v) is 5.99. The molecular formula is C23H23FN2O3S2. The number of carbonyl (C=O) groups is 1. The summed E-state index contributed by atoms with van der Waals surface area (Å²) in [5, 5.41) is 0.625. The zero-order valence-corrected chi connectivity index (χ0v) is 18.6. The van der Waals surface area contributed by atoms with E-state index in [0.717, 1.165) is 49.1 Å². The first-order chi connectivity index (χ1) is 14.9. The second-order valence-electron chi connectivity index (χ2n) is 7.56. The number of rotatable bonds is 7. The number of hydrogen-bond acceptors (Lipinski definition) is 5. The highest BCUT2D eigenvalue weighted by molar-refractivity contribution is 7.91. The second-order valence-corrected chi connectivity index (χ2v) is 10.7. The molecular weight excluding hydrogens is 435 g/mol. The standard InChI is InChI=1S/C23H23FN2O3S2/c24-18-10-12-19(13-11-18)31(28,29)15-14-22(27)26(16-17-6-2-1-3-7-17)23-25-20-8-4-5-9-21(20)30-23/h1-3,6-7,10-13H,4-5,8-9,14-16H2. The topological polar surface area (TPSA) is 67.3 Å². The van der Waals surface area contributed by atoms with Gasteiger partial charge in [-0.1, -0.05) is 30.3 Å². The summed E-state index contributed by atoms with van der Waals surface area (Å²) < 4.78 is 38.4. The highest BCUT2D eigenvalue weighted by Crippen LogP contribution is 2.33. The molecule has 0 atom stereocenters. The summed E-state index contributed by atoms with van der Waals surface area (Å²) in [7, 11) is -3.69. The molecule has 0 saturated heterocycles. The van der Waals surface area contributed by atoms with Crippen LogP contribution in [0.15, 0.2) is 59.5 Å². The lowest BCUT2D eigenvalue weighted by Gasteiger charge is -2.20. The molecule has 0 unspecified atom stereocenters. The van der Waals surface area contributed by atoms with E-state index in [0.29, 0.717) is 11.7 Å². The Morgan fingerprint density at radius 3 is 2.45 bits per heavy atom. The number of hydrogen-bond donors (Lipinski definition) is 0. The molecule has 0 radical (unpaired) electrons. The molecule has 1 heterocycles. The van der Waals surface area contributed by atoms with E-state index in [1.165, 1.54) is 28.3 Å². The normalized spacial score (nSPS) is 13.6. The molecule has 1 aromatic heterocycles. The number of nitrogens with zero attached hydrogens (tertiary/aromatic N) is 2. The molecule has 0 saturated carbocycles. The molecule has 0 bridgehead atoms. The van der Waals surface area contributed by atoms with Crippen molar-refractivity contribution in [3.63, 3.8) is 0 Å². The number of benzene rings is 2. The van der Waals surface area contributed by atoms with Crippen LogP contribution >= 0.6 is 11.3 Å². The van der Waals surface area contributed by atoms with Crippen LogP contribution in [-0.2, 0) is 34.0 Å². The van der Waals surface area contributed by atoms with E-state index < -0.39 is 15.7 Å². The zero-order chi connectivity index (χ0) is 21.8. The number of halogens is 1. The minimum Gasteiger partial charge on any atom is -0.284 e. The van der Waals surface area contributed by atoms with E-state index >= 15 is 0 Å². The quantitative estimate of drug-likeness (QED) is 0.487. The summed E-state index contributed by atoms with van der Waals surface area (Å²) >= 11 is 1.53. The third-order valence-electron chi connectivity index (χ3n) is 5.31. The number of sulfone groups is 1. The molecule has 5 nitrogen and oxygen atoms in total. The lowest BCUT2D eigenvalue weighted by Crippen LogP contribution is -2.31. The van der Waals surface area contributed by atoms with Crippen LogP contribution in [0, 0.1) is 5.82 Å². The van der Waals surface area contributed by atoms with Crippen molar-refractivity contribution in [3.05, 3.63) is 76.5 Å². The summed E-state index contributed by atoms with van der Waals surface area (Å²) in [6, 6.07) is 14.3. The molecule has 162 valence electrons. The summed E-state index contributed by atoms with van der Waals surface area (Å²) in [6.45, 7) is 0.336. The Balaban J connectivity index is 1.55. The lowest BCUT2D eigenvalue weighted by atomic mass is 10.0. The highest BCUT2D eigenvalue weighted by atomic mass is 32.2. The summed E-state index contributed by atoms with van der Waals surface area (Å²) in [5.41, 5.74) is 2.00. The van der Waals surface area contributed by atoms with Gasteiger partial charge in [0, 0.05) is 11.3 Å². The Morgan fingerprint density at radius 2 is 1.74 bits per heavy atom. The van der Waals surface area contributed by atoms with Crippen molar-refractivity contribution in [2.45, 2.75) is 43.5 Å². The van der Waals surface area contributed by atoms with Crippen molar-refractivity contribution in [2.24, 2.45) is 0 Å². The molecule has 0 fully saturated rings. The summed E-state index contributed by atoms with van der Waals surface area (Å²) in [4.78, 5) is 20.7. The van der Waals surface area contributed by atoms with Gasteiger partial charge in [-0.3, -0.25) is 9.69 Å². The molecule has 4 rings (SSSR count). The molecule has 2 aromatic carbocycles. The van der Waals surface area contributed by atoms with Crippen LogP contribution in [0.4, 0.5) is 9.52 Å². The average Bonchev–Trinajstić information content (AvgIpc) is 3.21. The van der Waals surface area contributed by atoms with Crippen molar-refractivity contribution < 1.29 is 17.6 Å². The fourth-order valence-electron chi connectivity index (χ4n) is 3.60. The predicted octanol–water partition coefficient (Wildman–Crippen LogP) is 4.56. The summed E-state index contributed by atoms with van der Waals surface area (Å²) in [5.74, 6) is -1.13. The van der Waals surface area contributed by atoms with Crippen molar-refractivity contribution >= 4 is 32.2 Å². The third kappa shape index (κ3) is 5.19. The van der Waals surface area contributed by atoms with Gasteiger partial charge in [0.25, 0.3) is 0 Å². The summed E-state index contributed by atoms with van der Waals surface area (Å²) in [6.07, 6.45) is 3.93. The Labute approximate surface area is 185 Å². The monoisotopic (exact) mass is 458 g/mol. The molecule has 31 heavy (non-hydrogen) atoms. The molecule has 1 aliphatic carbocycles. The van der Waals surface area contributed by atoms with Crippen LogP contribution < -0.4 is 4.90 Å². The van der Waals surface area contributed by atoms with E-state index in [1.54, 1.807) is 4.90 Å². The van der Waals surface area contributed by atoms with Gasteiger partial charge >= 0.3 is 0 Å². The van der Waals surface area contributed by atoms with E-state index in [2.05, 4.69) is 0 Å². The van der Waals surface area contributed by atoms with E-state index in [1.807, 2.05) is 30.3 Å². The maximum absolute atomic E-state index is 13.2. The van der Waals surface area contributed by atoms with Gasteiger partial charge in [-0.25, -0.2) is 17.8 Å². The minimum absolute atomic E-state index is 0.0148. The Morgan fingerprint density at radius 1 is 1.03 bits per heavy atom. The largest absolute Gasteiger partial charge is 0.284 e. The molecule has 1 aliphatic rings. The number of aryl methyl sites for hydroxylation is 2. The van der Waals surface area contributed by atoms with E-state index in [4.69, 9.17) is 4.98 Å². The molecule has 8 heteroatoms. The number of carbonyl (C=O) groups excluding carboxylic acids is 1.